The predicted octanol–water partition coefficient (Wildman–Crippen LogP) is 4.33. The van der Waals surface area contributed by atoms with Gasteiger partial charge in [0, 0.05) is 11.1 Å². The number of oxazole rings is 1. The summed E-state index contributed by atoms with van der Waals surface area (Å²) in [6.07, 6.45) is 0. The Morgan fingerprint density at radius 3 is 2.25 bits per heavy atom. The van der Waals surface area contributed by atoms with E-state index in [4.69, 9.17) is 9.15 Å². The molecule has 2 aromatic carbocycles. The van der Waals surface area contributed by atoms with Crippen LogP contribution >= 0.6 is 0 Å². The van der Waals surface area contributed by atoms with E-state index in [1.807, 2.05) is 61.5 Å². The highest BCUT2D eigenvalue weighted by Crippen LogP contribution is 2.29. The lowest BCUT2D eigenvalue weighted by Gasteiger charge is -1.99. The van der Waals surface area contributed by atoms with Gasteiger partial charge < -0.3 is 9.15 Å². The minimum atomic E-state index is 0.629. The van der Waals surface area contributed by atoms with Gasteiger partial charge in [-0.15, -0.1) is 0 Å². The van der Waals surface area contributed by atoms with Crippen molar-refractivity contribution in [2.24, 2.45) is 0 Å². The van der Waals surface area contributed by atoms with E-state index in [9.17, 15) is 0 Å². The Labute approximate surface area is 117 Å². The summed E-state index contributed by atoms with van der Waals surface area (Å²) in [4.78, 5) is 4.60. The van der Waals surface area contributed by atoms with E-state index in [0.717, 1.165) is 28.3 Å². The Morgan fingerprint density at radius 1 is 0.900 bits per heavy atom. The number of hydrogen-bond donors (Lipinski definition) is 0. The molecule has 0 aliphatic rings. The molecule has 1 heterocycles. The van der Waals surface area contributed by atoms with Gasteiger partial charge in [-0.05, 0) is 31.2 Å². The molecule has 0 bridgehead atoms. The van der Waals surface area contributed by atoms with Crippen LogP contribution in [0.2, 0.25) is 0 Å². The highest BCUT2D eigenvalue weighted by Gasteiger charge is 2.12. The first-order chi connectivity index (χ1) is 9.78. The molecule has 0 spiro atoms. The van der Waals surface area contributed by atoms with Crippen LogP contribution in [0.5, 0.6) is 5.75 Å². The number of methoxy groups -OCH3 is 1. The number of aromatic nitrogens is 1. The molecule has 0 atom stereocenters. The first kappa shape index (κ1) is 12.5. The standard InChI is InChI=1S/C17H15NO2/c1-12-16(13-6-4-3-5-7-13)18-17(20-12)14-8-10-15(19-2)11-9-14/h3-11H,1-2H3. The van der Waals surface area contributed by atoms with Crippen molar-refractivity contribution in [1.82, 2.24) is 4.98 Å². The molecule has 0 aliphatic heterocycles. The summed E-state index contributed by atoms with van der Waals surface area (Å²) in [7, 11) is 1.65. The maximum Gasteiger partial charge on any atom is 0.226 e. The number of hydrogen-bond acceptors (Lipinski definition) is 3. The molecule has 0 N–H and O–H groups in total. The van der Waals surface area contributed by atoms with Crippen molar-refractivity contribution in [3.63, 3.8) is 0 Å². The maximum atomic E-state index is 5.78. The van der Waals surface area contributed by atoms with Crippen molar-refractivity contribution < 1.29 is 9.15 Å². The maximum absolute atomic E-state index is 5.78. The van der Waals surface area contributed by atoms with Crippen molar-refractivity contribution in [2.75, 3.05) is 7.11 Å². The number of benzene rings is 2. The van der Waals surface area contributed by atoms with Gasteiger partial charge in [-0.25, -0.2) is 4.98 Å². The van der Waals surface area contributed by atoms with E-state index in [1.54, 1.807) is 7.11 Å². The fourth-order valence-electron chi connectivity index (χ4n) is 2.12. The number of ether oxygens (including phenoxy) is 1. The molecule has 1 aromatic heterocycles. The zero-order valence-corrected chi connectivity index (χ0v) is 11.5. The lowest BCUT2D eigenvalue weighted by molar-refractivity contribution is 0.415. The molecule has 0 amide bonds. The summed E-state index contributed by atoms with van der Waals surface area (Å²) in [5, 5.41) is 0. The van der Waals surface area contributed by atoms with Crippen LogP contribution in [0.1, 0.15) is 5.76 Å². The second-order valence-electron chi connectivity index (χ2n) is 4.52. The average Bonchev–Trinajstić information content (AvgIpc) is 2.90. The van der Waals surface area contributed by atoms with Gasteiger partial charge in [0.15, 0.2) is 0 Å². The third-order valence-corrected chi connectivity index (χ3v) is 3.18. The van der Waals surface area contributed by atoms with Gasteiger partial charge in [-0.2, -0.15) is 0 Å². The van der Waals surface area contributed by atoms with E-state index >= 15 is 0 Å². The third kappa shape index (κ3) is 2.30. The Hall–Kier alpha value is -2.55. The summed E-state index contributed by atoms with van der Waals surface area (Å²) < 4.78 is 10.9. The van der Waals surface area contributed by atoms with Crippen molar-refractivity contribution >= 4 is 0 Å². The van der Waals surface area contributed by atoms with E-state index in [0.29, 0.717) is 5.89 Å². The third-order valence-electron chi connectivity index (χ3n) is 3.18. The number of aryl methyl sites for hydroxylation is 1. The van der Waals surface area contributed by atoms with Gasteiger partial charge in [0.25, 0.3) is 0 Å². The summed E-state index contributed by atoms with van der Waals surface area (Å²) in [6.45, 7) is 1.93. The molecule has 0 fully saturated rings. The van der Waals surface area contributed by atoms with E-state index in [2.05, 4.69) is 4.98 Å². The van der Waals surface area contributed by atoms with Crippen LogP contribution in [-0.4, -0.2) is 12.1 Å². The SMILES string of the molecule is COc1ccc(-c2nc(-c3ccccc3)c(C)o2)cc1. The summed E-state index contributed by atoms with van der Waals surface area (Å²) >= 11 is 0. The normalized spacial score (nSPS) is 10.5. The van der Waals surface area contributed by atoms with E-state index < -0.39 is 0 Å². The van der Waals surface area contributed by atoms with Crippen LogP contribution < -0.4 is 4.74 Å². The van der Waals surface area contributed by atoms with Gasteiger partial charge in [-0.3, -0.25) is 0 Å². The molecule has 20 heavy (non-hydrogen) atoms. The lowest BCUT2D eigenvalue weighted by atomic mass is 10.1. The van der Waals surface area contributed by atoms with Crippen LogP contribution in [-0.2, 0) is 0 Å². The molecule has 0 saturated carbocycles. The predicted molar refractivity (Wildman–Crippen MR) is 78.7 cm³/mol. The topological polar surface area (TPSA) is 35.3 Å². The van der Waals surface area contributed by atoms with Crippen molar-refractivity contribution in [2.45, 2.75) is 6.92 Å². The zero-order chi connectivity index (χ0) is 13.9. The second-order valence-corrected chi connectivity index (χ2v) is 4.52. The van der Waals surface area contributed by atoms with Gasteiger partial charge in [-0.1, -0.05) is 30.3 Å². The van der Waals surface area contributed by atoms with Crippen molar-refractivity contribution in [3.05, 3.63) is 60.4 Å². The van der Waals surface area contributed by atoms with Crippen molar-refractivity contribution in [1.29, 1.82) is 0 Å². The van der Waals surface area contributed by atoms with Crippen LogP contribution in [0.15, 0.2) is 59.0 Å². The van der Waals surface area contributed by atoms with Crippen LogP contribution in [0.25, 0.3) is 22.7 Å². The Morgan fingerprint density at radius 2 is 1.60 bits per heavy atom. The molecule has 3 nitrogen and oxygen atoms in total. The Kier molecular flexibility index (Phi) is 3.25. The highest BCUT2D eigenvalue weighted by molar-refractivity contribution is 5.65. The van der Waals surface area contributed by atoms with E-state index in [-0.39, 0.29) is 0 Å². The molecule has 3 rings (SSSR count). The Bertz CT molecular complexity index is 700. The molecule has 0 aliphatic carbocycles. The second kappa shape index (κ2) is 5.21. The largest absolute Gasteiger partial charge is 0.497 e. The van der Waals surface area contributed by atoms with Crippen molar-refractivity contribution in [3.8, 4) is 28.5 Å². The van der Waals surface area contributed by atoms with Gasteiger partial charge in [0.1, 0.15) is 17.2 Å². The van der Waals surface area contributed by atoms with Gasteiger partial charge in [0.05, 0.1) is 7.11 Å². The summed E-state index contributed by atoms with van der Waals surface area (Å²) in [5.74, 6) is 2.27. The summed E-state index contributed by atoms with van der Waals surface area (Å²) in [6, 6.07) is 17.7. The fraction of sp³-hybridized carbons (Fsp3) is 0.118. The fourth-order valence-corrected chi connectivity index (χ4v) is 2.12. The lowest BCUT2D eigenvalue weighted by Crippen LogP contribution is -1.83. The first-order valence-electron chi connectivity index (χ1n) is 6.45. The molecule has 3 heteroatoms. The zero-order valence-electron chi connectivity index (χ0n) is 11.5. The number of nitrogens with zero attached hydrogens (tertiary/aromatic N) is 1. The molecular formula is C17H15NO2. The molecule has 100 valence electrons. The summed E-state index contributed by atoms with van der Waals surface area (Å²) in [5.41, 5.74) is 2.89. The average molecular weight is 265 g/mol. The minimum Gasteiger partial charge on any atom is -0.497 e. The molecular weight excluding hydrogens is 250 g/mol. The molecule has 0 radical (unpaired) electrons. The molecule has 0 unspecified atom stereocenters. The van der Waals surface area contributed by atoms with Crippen LogP contribution in [0, 0.1) is 6.92 Å². The number of rotatable bonds is 3. The quantitative estimate of drug-likeness (QED) is 0.707. The first-order valence-corrected chi connectivity index (χ1v) is 6.45. The molecule has 0 saturated heterocycles. The monoisotopic (exact) mass is 265 g/mol. The van der Waals surface area contributed by atoms with Gasteiger partial charge in [0.2, 0.25) is 5.89 Å². The van der Waals surface area contributed by atoms with Gasteiger partial charge >= 0.3 is 0 Å². The minimum absolute atomic E-state index is 0.629. The van der Waals surface area contributed by atoms with Crippen LogP contribution in [0.4, 0.5) is 0 Å². The van der Waals surface area contributed by atoms with E-state index in [1.165, 1.54) is 0 Å². The molecule has 3 aromatic rings. The smallest absolute Gasteiger partial charge is 0.226 e. The Balaban J connectivity index is 2.00. The van der Waals surface area contributed by atoms with Crippen LogP contribution in [0.3, 0.4) is 0 Å². The highest BCUT2D eigenvalue weighted by atomic mass is 16.5.